The third-order valence-electron chi connectivity index (χ3n) is 2.43. The summed E-state index contributed by atoms with van der Waals surface area (Å²) < 4.78 is 15.6. The molecule has 0 unspecified atom stereocenters. The number of thioether (sulfide) groups is 1. The quantitative estimate of drug-likeness (QED) is 0.685. The number of hydrogen-bond donors (Lipinski definition) is 0. The Morgan fingerprint density at radius 3 is 2.78 bits per heavy atom. The highest BCUT2D eigenvalue weighted by Crippen LogP contribution is 2.27. The Morgan fingerprint density at radius 1 is 1.33 bits per heavy atom. The van der Waals surface area contributed by atoms with Crippen molar-refractivity contribution in [2.75, 3.05) is 5.75 Å². The first-order chi connectivity index (χ1) is 8.76. The van der Waals surface area contributed by atoms with Crippen molar-refractivity contribution >= 4 is 28.1 Å². The Labute approximate surface area is 112 Å². The maximum atomic E-state index is 12.8. The molecule has 0 radical (unpaired) electrons. The van der Waals surface area contributed by atoms with E-state index in [-0.39, 0.29) is 5.82 Å². The standard InChI is InChI=1S/C12H10FN3S2/c1-2-17-12-15-16-7-10(14-11(16)18-12)8-3-5-9(13)6-4-8/h3-7H,2H2,1H3. The van der Waals surface area contributed by atoms with Crippen LogP contribution >= 0.6 is 23.1 Å². The van der Waals surface area contributed by atoms with Gasteiger partial charge in [-0.05, 0) is 30.0 Å². The van der Waals surface area contributed by atoms with Crippen LogP contribution in [0.2, 0.25) is 0 Å². The van der Waals surface area contributed by atoms with Gasteiger partial charge < -0.3 is 0 Å². The molecule has 0 bridgehead atoms. The number of rotatable bonds is 3. The Morgan fingerprint density at radius 2 is 2.11 bits per heavy atom. The lowest BCUT2D eigenvalue weighted by atomic mass is 10.2. The Kier molecular flexibility index (Phi) is 3.05. The lowest BCUT2D eigenvalue weighted by Crippen LogP contribution is -1.81. The van der Waals surface area contributed by atoms with Crippen molar-refractivity contribution in [3.05, 3.63) is 36.3 Å². The van der Waals surface area contributed by atoms with Gasteiger partial charge in [0.25, 0.3) is 0 Å². The van der Waals surface area contributed by atoms with Crippen LogP contribution in [0.1, 0.15) is 6.92 Å². The zero-order valence-electron chi connectivity index (χ0n) is 9.63. The monoisotopic (exact) mass is 279 g/mol. The topological polar surface area (TPSA) is 30.2 Å². The molecule has 18 heavy (non-hydrogen) atoms. The van der Waals surface area contributed by atoms with E-state index in [1.807, 2.05) is 6.20 Å². The second kappa shape index (κ2) is 4.70. The Hall–Kier alpha value is -1.40. The SMILES string of the molecule is CCSc1nn2cc(-c3ccc(F)cc3)nc2s1. The molecule has 3 rings (SSSR count). The summed E-state index contributed by atoms with van der Waals surface area (Å²) in [5.74, 6) is 0.765. The smallest absolute Gasteiger partial charge is 0.213 e. The summed E-state index contributed by atoms with van der Waals surface area (Å²) in [6, 6.07) is 6.33. The molecule has 2 heterocycles. The molecule has 0 N–H and O–H groups in total. The predicted molar refractivity (Wildman–Crippen MR) is 72.7 cm³/mol. The van der Waals surface area contributed by atoms with Crippen molar-refractivity contribution in [2.24, 2.45) is 0 Å². The minimum atomic E-state index is -0.237. The second-order valence-corrected chi connectivity index (χ2v) is 6.13. The zero-order chi connectivity index (χ0) is 12.5. The number of hydrogen-bond acceptors (Lipinski definition) is 4. The maximum Gasteiger partial charge on any atom is 0.213 e. The number of imidazole rings is 1. The van der Waals surface area contributed by atoms with Crippen LogP contribution in [-0.2, 0) is 0 Å². The molecule has 0 saturated carbocycles. The summed E-state index contributed by atoms with van der Waals surface area (Å²) in [6.07, 6.45) is 1.87. The summed E-state index contributed by atoms with van der Waals surface area (Å²) in [7, 11) is 0. The van der Waals surface area contributed by atoms with Gasteiger partial charge in [-0.1, -0.05) is 30.0 Å². The van der Waals surface area contributed by atoms with Crippen molar-refractivity contribution in [1.82, 2.24) is 14.6 Å². The third kappa shape index (κ3) is 2.13. The van der Waals surface area contributed by atoms with Gasteiger partial charge in [0.05, 0.1) is 11.9 Å². The van der Waals surface area contributed by atoms with Crippen LogP contribution in [0.15, 0.2) is 34.8 Å². The first-order valence-electron chi connectivity index (χ1n) is 5.51. The number of fused-ring (bicyclic) bond motifs is 1. The summed E-state index contributed by atoms with van der Waals surface area (Å²) in [5.41, 5.74) is 1.72. The lowest BCUT2D eigenvalue weighted by Gasteiger charge is -1.94. The molecule has 3 nitrogen and oxygen atoms in total. The van der Waals surface area contributed by atoms with Crippen LogP contribution < -0.4 is 0 Å². The molecular formula is C12H10FN3S2. The molecule has 0 spiro atoms. The van der Waals surface area contributed by atoms with E-state index >= 15 is 0 Å². The van der Waals surface area contributed by atoms with Crippen molar-refractivity contribution in [1.29, 1.82) is 0 Å². The molecule has 0 amide bonds. The normalized spacial score (nSPS) is 11.2. The van der Waals surface area contributed by atoms with Crippen molar-refractivity contribution < 1.29 is 4.39 Å². The molecule has 0 atom stereocenters. The van der Waals surface area contributed by atoms with Crippen molar-refractivity contribution in [3.63, 3.8) is 0 Å². The fourth-order valence-corrected chi connectivity index (χ4v) is 3.44. The van der Waals surface area contributed by atoms with Gasteiger partial charge in [-0.2, -0.15) is 0 Å². The molecule has 0 aliphatic carbocycles. The molecule has 6 heteroatoms. The van der Waals surface area contributed by atoms with Gasteiger partial charge in [0.15, 0.2) is 4.34 Å². The van der Waals surface area contributed by atoms with Gasteiger partial charge >= 0.3 is 0 Å². The Bertz CT molecular complexity index is 641. The number of halogens is 1. The number of aromatic nitrogens is 3. The summed E-state index contributed by atoms with van der Waals surface area (Å²) in [4.78, 5) is 5.36. The van der Waals surface area contributed by atoms with E-state index < -0.39 is 0 Å². The molecule has 0 saturated heterocycles. The van der Waals surface area contributed by atoms with Crippen LogP contribution in [0.3, 0.4) is 0 Å². The first kappa shape index (κ1) is 11.7. The van der Waals surface area contributed by atoms with E-state index in [1.165, 1.54) is 12.1 Å². The maximum absolute atomic E-state index is 12.8. The highest BCUT2D eigenvalue weighted by Gasteiger charge is 2.09. The largest absolute Gasteiger partial charge is 0.217 e. The molecule has 1 aromatic carbocycles. The predicted octanol–water partition coefficient (Wildman–Crippen LogP) is 3.71. The van der Waals surface area contributed by atoms with Gasteiger partial charge in [0.2, 0.25) is 4.96 Å². The van der Waals surface area contributed by atoms with Gasteiger partial charge in [-0.3, -0.25) is 0 Å². The van der Waals surface area contributed by atoms with Crippen LogP contribution in [-0.4, -0.2) is 20.4 Å². The number of benzene rings is 1. The van der Waals surface area contributed by atoms with Crippen molar-refractivity contribution in [2.45, 2.75) is 11.3 Å². The van der Waals surface area contributed by atoms with Gasteiger partial charge in [-0.15, -0.1) is 5.10 Å². The molecule has 3 aromatic rings. The molecular weight excluding hydrogens is 269 g/mol. The van der Waals surface area contributed by atoms with E-state index in [2.05, 4.69) is 17.0 Å². The molecule has 0 fully saturated rings. The van der Waals surface area contributed by atoms with E-state index in [0.29, 0.717) is 0 Å². The minimum absolute atomic E-state index is 0.237. The number of nitrogens with zero attached hydrogens (tertiary/aromatic N) is 3. The third-order valence-corrected chi connectivity index (χ3v) is 4.37. The van der Waals surface area contributed by atoms with Crippen LogP contribution in [0.5, 0.6) is 0 Å². The highest BCUT2D eigenvalue weighted by atomic mass is 32.2. The first-order valence-corrected chi connectivity index (χ1v) is 7.31. The van der Waals surface area contributed by atoms with Gasteiger partial charge in [0.1, 0.15) is 5.82 Å². The van der Waals surface area contributed by atoms with E-state index in [4.69, 9.17) is 0 Å². The average Bonchev–Trinajstić information content (AvgIpc) is 2.88. The Balaban J connectivity index is 1.98. The van der Waals surface area contributed by atoms with E-state index in [1.54, 1.807) is 39.7 Å². The van der Waals surface area contributed by atoms with Crippen LogP contribution in [0.25, 0.3) is 16.2 Å². The molecule has 92 valence electrons. The second-order valence-electron chi connectivity index (χ2n) is 3.66. The van der Waals surface area contributed by atoms with Crippen LogP contribution in [0.4, 0.5) is 4.39 Å². The zero-order valence-corrected chi connectivity index (χ0v) is 11.3. The lowest BCUT2D eigenvalue weighted by molar-refractivity contribution is 0.628. The fourth-order valence-electron chi connectivity index (χ4n) is 1.62. The van der Waals surface area contributed by atoms with Crippen molar-refractivity contribution in [3.8, 4) is 11.3 Å². The summed E-state index contributed by atoms with van der Waals surface area (Å²) >= 11 is 3.28. The molecule has 2 aromatic heterocycles. The summed E-state index contributed by atoms with van der Waals surface area (Å²) in [5, 5.41) is 4.43. The van der Waals surface area contributed by atoms with Gasteiger partial charge in [-0.25, -0.2) is 13.9 Å². The highest BCUT2D eigenvalue weighted by molar-refractivity contribution is 8.01. The van der Waals surface area contributed by atoms with E-state index in [0.717, 1.165) is 26.3 Å². The minimum Gasteiger partial charge on any atom is -0.217 e. The average molecular weight is 279 g/mol. The van der Waals surface area contributed by atoms with Crippen LogP contribution in [0, 0.1) is 5.82 Å². The van der Waals surface area contributed by atoms with E-state index in [9.17, 15) is 4.39 Å². The fraction of sp³-hybridized carbons (Fsp3) is 0.167. The molecule has 0 aliphatic heterocycles. The molecule has 0 aliphatic rings. The summed E-state index contributed by atoms with van der Waals surface area (Å²) in [6.45, 7) is 2.10. The van der Waals surface area contributed by atoms with Gasteiger partial charge in [0, 0.05) is 5.56 Å².